The number of fused-ring (bicyclic) bond motifs is 1. The Hall–Kier alpha value is -1.06. The van der Waals surface area contributed by atoms with Crippen LogP contribution in [-0.2, 0) is 6.42 Å². The van der Waals surface area contributed by atoms with E-state index in [0.717, 1.165) is 25.1 Å². The molecule has 1 aliphatic rings. The van der Waals surface area contributed by atoms with E-state index in [1.807, 2.05) is 6.92 Å². The Bertz CT molecular complexity index is 413. The maximum absolute atomic E-state index is 9.37. The van der Waals surface area contributed by atoms with Gasteiger partial charge in [-0.05, 0) is 31.9 Å². The molecule has 0 saturated heterocycles. The molecule has 0 aliphatic carbocycles. The van der Waals surface area contributed by atoms with E-state index in [9.17, 15) is 5.11 Å². The molecule has 2 N–H and O–H groups in total. The highest BCUT2D eigenvalue weighted by molar-refractivity contribution is 5.40. The standard InChI is InChI=1S/C15H23NO2/c1-4-15(3,10-17)16-9-13-8-12-7-11(2)5-6-14(12)18-13/h5-7,13,16-17H,4,8-10H2,1-3H3. The number of hydrogen-bond donors (Lipinski definition) is 2. The number of aliphatic hydroxyl groups excluding tert-OH is 1. The van der Waals surface area contributed by atoms with E-state index in [-0.39, 0.29) is 18.2 Å². The van der Waals surface area contributed by atoms with Crippen LogP contribution in [0.2, 0.25) is 0 Å². The lowest BCUT2D eigenvalue weighted by Gasteiger charge is -2.28. The molecule has 1 aromatic rings. The second-order valence-corrected chi connectivity index (χ2v) is 5.51. The maximum Gasteiger partial charge on any atom is 0.123 e. The van der Waals surface area contributed by atoms with Crippen LogP contribution in [0.3, 0.4) is 0 Å². The maximum atomic E-state index is 9.37. The van der Waals surface area contributed by atoms with Crippen molar-refractivity contribution in [1.82, 2.24) is 5.32 Å². The number of ether oxygens (including phenoxy) is 1. The first-order chi connectivity index (χ1) is 8.56. The summed E-state index contributed by atoms with van der Waals surface area (Å²) < 4.78 is 5.90. The van der Waals surface area contributed by atoms with Gasteiger partial charge in [-0.15, -0.1) is 0 Å². The second-order valence-electron chi connectivity index (χ2n) is 5.51. The first-order valence-electron chi connectivity index (χ1n) is 6.68. The van der Waals surface area contributed by atoms with Crippen molar-refractivity contribution in [3.8, 4) is 5.75 Å². The van der Waals surface area contributed by atoms with Gasteiger partial charge in [0.05, 0.1) is 6.61 Å². The molecule has 0 bridgehead atoms. The monoisotopic (exact) mass is 249 g/mol. The molecule has 18 heavy (non-hydrogen) atoms. The molecule has 0 aromatic heterocycles. The van der Waals surface area contributed by atoms with E-state index in [1.165, 1.54) is 11.1 Å². The average Bonchev–Trinajstić information content (AvgIpc) is 2.78. The molecule has 1 aliphatic heterocycles. The van der Waals surface area contributed by atoms with Crippen molar-refractivity contribution >= 4 is 0 Å². The van der Waals surface area contributed by atoms with Crippen LogP contribution in [-0.4, -0.2) is 29.9 Å². The summed E-state index contributed by atoms with van der Waals surface area (Å²) >= 11 is 0. The van der Waals surface area contributed by atoms with Crippen molar-refractivity contribution in [2.24, 2.45) is 0 Å². The van der Waals surface area contributed by atoms with Crippen LogP contribution in [0.15, 0.2) is 18.2 Å². The SMILES string of the molecule is CCC(C)(CO)NCC1Cc2cc(C)ccc2O1. The lowest BCUT2D eigenvalue weighted by atomic mass is 9.99. The van der Waals surface area contributed by atoms with Gasteiger partial charge in [-0.3, -0.25) is 0 Å². The fourth-order valence-electron chi connectivity index (χ4n) is 2.22. The average molecular weight is 249 g/mol. The fourth-order valence-corrected chi connectivity index (χ4v) is 2.22. The largest absolute Gasteiger partial charge is 0.488 e. The molecule has 3 nitrogen and oxygen atoms in total. The van der Waals surface area contributed by atoms with Crippen molar-refractivity contribution in [3.63, 3.8) is 0 Å². The van der Waals surface area contributed by atoms with Crippen LogP contribution < -0.4 is 10.1 Å². The molecule has 0 fully saturated rings. The molecular weight excluding hydrogens is 226 g/mol. The van der Waals surface area contributed by atoms with Gasteiger partial charge in [0.25, 0.3) is 0 Å². The summed E-state index contributed by atoms with van der Waals surface area (Å²) in [5.41, 5.74) is 2.37. The number of benzene rings is 1. The molecule has 3 heteroatoms. The summed E-state index contributed by atoms with van der Waals surface area (Å²) in [5, 5.41) is 12.8. The highest BCUT2D eigenvalue weighted by atomic mass is 16.5. The van der Waals surface area contributed by atoms with Gasteiger partial charge in [0.1, 0.15) is 11.9 Å². The highest BCUT2D eigenvalue weighted by Gasteiger charge is 2.26. The predicted molar refractivity (Wildman–Crippen MR) is 73.1 cm³/mol. The molecule has 2 unspecified atom stereocenters. The third kappa shape index (κ3) is 2.85. The van der Waals surface area contributed by atoms with E-state index >= 15 is 0 Å². The molecule has 2 atom stereocenters. The van der Waals surface area contributed by atoms with Crippen LogP contribution >= 0.6 is 0 Å². The Morgan fingerprint density at radius 2 is 2.28 bits per heavy atom. The van der Waals surface area contributed by atoms with Crippen LogP contribution in [0.1, 0.15) is 31.4 Å². The zero-order valence-corrected chi connectivity index (χ0v) is 11.5. The second kappa shape index (κ2) is 5.29. The summed E-state index contributed by atoms with van der Waals surface area (Å²) in [6.07, 6.45) is 2.04. The minimum Gasteiger partial charge on any atom is -0.488 e. The zero-order valence-electron chi connectivity index (χ0n) is 11.5. The third-order valence-corrected chi connectivity index (χ3v) is 3.84. The van der Waals surface area contributed by atoms with Gasteiger partial charge in [0.2, 0.25) is 0 Å². The summed E-state index contributed by atoms with van der Waals surface area (Å²) in [5.74, 6) is 1.01. The lowest BCUT2D eigenvalue weighted by Crippen LogP contribution is -2.48. The molecule has 1 aromatic carbocycles. The first-order valence-corrected chi connectivity index (χ1v) is 6.68. The molecule has 0 radical (unpaired) electrons. The Labute approximate surface area is 109 Å². The smallest absolute Gasteiger partial charge is 0.123 e. The van der Waals surface area contributed by atoms with Gasteiger partial charge in [-0.1, -0.05) is 24.6 Å². The van der Waals surface area contributed by atoms with Crippen molar-refractivity contribution in [2.45, 2.75) is 45.3 Å². The number of aryl methyl sites for hydroxylation is 1. The van der Waals surface area contributed by atoms with Crippen molar-refractivity contribution in [2.75, 3.05) is 13.2 Å². The Kier molecular flexibility index (Phi) is 3.93. The van der Waals surface area contributed by atoms with Crippen LogP contribution in [0.4, 0.5) is 0 Å². The summed E-state index contributed by atoms with van der Waals surface area (Å²) in [6, 6.07) is 6.33. The normalized spacial score (nSPS) is 21.2. The van der Waals surface area contributed by atoms with Gasteiger partial charge in [0, 0.05) is 18.5 Å². The quantitative estimate of drug-likeness (QED) is 0.839. The predicted octanol–water partition coefficient (Wildman–Crippen LogP) is 2.05. The molecule has 0 spiro atoms. The van der Waals surface area contributed by atoms with Gasteiger partial charge >= 0.3 is 0 Å². The van der Waals surface area contributed by atoms with Crippen LogP contribution in [0.5, 0.6) is 5.75 Å². The van der Waals surface area contributed by atoms with Gasteiger partial charge in [-0.25, -0.2) is 0 Å². The van der Waals surface area contributed by atoms with E-state index < -0.39 is 0 Å². The first kappa shape index (κ1) is 13.4. The van der Waals surface area contributed by atoms with Crippen molar-refractivity contribution in [3.05, 3.63) is 29.3 Å². The molecule has 1 heterocycles. The topological polar surface area (TPSA) is 41.5 Å². The minimum atomic E-state index is -0.200. The minimum absolute atomic E-state index is 0.155. The highest BCUT2D eigenvalue weighted by Crippen LogP contribution is 2.29. The Balaban J connectivity index is 1.92. The molecule has 100 valence electrons. The Morgan fingerprint density at radius 3 is 2.94 bits per heavy atom. The molecule has 0 amide bonds. The molecule has 2 rings (SSSR count). The van der Waals surface area contributed by atoms with E-state index in [0.29, 0.717) is 0 Å². The van der Waals surface area contributed by atoms with Crippen molar-refractivity contribution < 1.29 is 9.84 Å². The molecule has 0 saturated carbocycles. The van der Waals surface area contributed by atoms with E-state index in [4.69, 9.17) is 4.74 Å². The van der Waals surface area contributed by atoms with E-state index in [2.05, 4.69) is 37.4 Å². The lowest BCUT2D eigenvalue weighted by molar-refractivity contribution is 0.146. The number of aliphatic hydroxyl groups is 1. The van der Waals surface area contributed by atoms with Crippen LogP contribution in [0.25, 0.3) is 0 Å². The number of rotatable bonds is 5. The Morgan fingerprint density at radius 1 is 1.50 bits per heavy atom. The number of hydrogen-bond acceptors (Lipinski definition) is 3. The van der Waals surface area contributed by atoms with E-state index in [1.54, 1.807) is 0 Å². The van der Waals surface area contributed by atoms with Gasteiger partial charge in [0.15, 0.2) is 0 Å². The van der Waals surface area contributed by atoms with Gasteiger partial charge in [-0.2, -0.15) is 0 Å². The third-order valence-electron chi connectivity index (χ3n) is 3.84. The molecular formula is C15H23NO2. The summed E-state index contributed by atoms with van der Waals surface area (Å²) in [6.45, 7) is 7.16. The summed E-state index contributed by atoms with van der Waals surface area (Å²) in [7, 11) is 0. The fraction of sp³-hybridized carbons (Fsp3) is 0.600. The zero-order chi connectivity index (χ0) is 13.2. The van der Waals surface area contributed by atoms with Crippen molar-refractivity contribution in [1.29, 1.82) is 0 Å². The van der Waals surface area contributed by atoms with Crippen LogP contribution in [0, 0.1) is 6.92 Å². The summed E-state index contributed by atoms with van der Waals surface area (Å²) in [4.78, 5) is 0. The number of nitrogens with one attached hydrogen (secondary N) is 1. The van der Waals surface area contributed by atoms with Gasteiger partial charge < -0.3 is 15.2 Å².